The van der Waals surface area contributed by atoms with E-state index in [0.717, 1.165) is 19.1 Å². The second kappa shape index (κ2) is 11.2. The molecule has 0 bridgehead atoms. The first-order valence-electron chi connectivity index (χ1n) is 13.1. The van der Waals surface area contributed by atoms with Gasteiger partial charge in [0.2, 0.25) is 10.0 Å². The minimum absolute atomic E-state index is 0.0144. The van der Waals surface area contributed by atoms with Crippen molar-refractivity contribution in [2.24, 2.45) is 5.92 Å². The number of benzene rings is 1. The molecule has 2 aliphatic heterocycles. The van der Waals surface area contributed by atoms with Crippen LogP contribution in [0.1, 0.15) is 46.9 Å². The van der Waals surface area contributed by atoms with Crippen LogP contribution in [0.3, 0.4) is 0 Å². The fraction of sp³-hybridized carbons (Fsp3) is 0.440. The lowest BCUT2D eigenvalue weighted by atomic mass is 9.98. The van der Waals surface area contributed by atoms with Gasteiger partial charge in [0.1, 0.15) is 17.7 Å². The molecule has 17 heteroatoms. The van der Waals surface area contributed by atoms with Crippen molar-refractivity contribution in [3.8, 4) is 11.8 Å². The van der Waals surface area contributed by atoms with Crippen molar-refractivity contribution >= 4 is 40.9 Å². The summed E-state index contributed by atoms with van der Waals surface area (Å²) in [6, 6.07) is 7.22. The molecule has 224 valence electrons. The van der Waals surface area contributed by atoms with Crippen LogP contribution in [0.5, 0.6) is 5.75 Å². The first-order chi connectivity index (χ1) is 19.7. The van der Waals surface area contributed by atoms with E-state index < -0.39 is 41.8 Å². The fourth-order valence-electron chi connectivity index (χ4n) is 5.49. The first kappa shape index (κ1) is 29.7. The lowest BCUT2D eigenvalue weighted by molar-refractivity contribution is 0.0606. The lowest BCUT2D eigenvalue weighted by Gasteiger charge is -2.35. The molecular formula is C25H30N7O8PS. The maximum atomic E-state index is 13.8. The Morgan fingerprint density at radius 2 is 2.00 bits per heavy atom. The van der Waals surface area contributed by atoms with E-state index in [-0.39, 0.29) is 30.1 Å². The third-order valence-electron chi connectivity index (χ3n) is 7.26. The van der Waals surface area contributed by atoms with Crippen LogP contribution in [0.2, 0.25) is 0 Å². The van der Waals surface area contributed by atoms with Crippen molar-refractivity contribution in [1.29, 1.82) is 5.26 Å². The van der Waals surface area contributed by atoms with Crippen molar-refractivity contribution in [2.75, 3.05) is 35.5 Å². The number of sulfonamides is 1. The van der Waals surface area contributed by atoms with Gasteiger partial charge >= 0.3 is 7.82 Å². The molecular weight excluding hydrogens is 589 g/mol. The van der Waals surface area contributed by atoms with E-state index in [0.29, 0.717) is 35.7 Å². The predicted octanol–water partition coefficient (Wildman–Crippen LogP) is 1.92. The van der Waals surface area contributed by atoms with Crippen LogP contribution < -0.4 is 9.62 Å². The molecule has 0 radical (unpaired) electrons. The number of phosphoric acid groups is 1. The maximum Gasteiger partial charge on any atom is 0.469 e. The number of aromatic nitrogens is 3. The van der Waals surface area contributed by atoms with Crippen LogP contribution in [0.15, 0.2) is 30.5 Å². The molecule has 0 saturated carbocycles. The highest BCUT2D eigenvalue weighted by molar-refractivity contribution is 7.92. The summed E-state index contributed by atoms with van der Waals surface area (Å²) in [6.45, 7) is 2.43. The van der Waals surface area contributed by atoms with Crippen molar-refractivity contribution in [3.63, 3.8) is 0 Å². The molecule has 2 aliphatic rings. The van der Waals surface area contributed by atoms with Gasteiger partial charge < -0.3 is 24.7 Å². The number of anilines is 2. The van der Waals surface area contributed by atoms with Crippen molar-refractivity contribution in [2.45, 2.75) is 38.3 Å². The number of phosphoric ester groups is 1. The number of nitriles is 1. The number of rotatable bonds is 7. The summed E-state index contributed by atoms with van der Waals surface area (Å²) < 4.78 is 44.0. The van der Waals surface area contributed by atoms with E-state index >= 15 is 0 Å². The van der Waals surface area contributed by atoms with E-state index in [1.54, 1.807) is 33.5 Å². The average Bonchev–Trinajstić information content (AvgIpc) is 3.50. The number of carbonyl (C=O) groups excluding carboxylic acids is 1. The fourth-order valence-corrected chi connectivity index (χ4v) is 6.63. The number of hydrogen-bond donors (Lipinski definition) is 4. The number of hydrogen-bond acceptors (Lipinski definition) is 10. The number of amides is 1. The summed E-state index contributed by atoms with van der Waals surface area (Å²) in [7, 11) is -8.48. The molecule has 15 nitrogen and oxygen atoms in total. The third kappa shape index (κ3) is 6.35. The second-order valence-electron chi connectivity index (χ2n) is 10.5. The SMILES string of the molecule is Cc1cn2nc([C@@H]3CCCCN3C(=O)c3cc(O)ccc3NS(C)(=O)=O)cc2nc1N1C[C@H](C#N)[C@H](OP(=O)(O)O)C1. The number of nitrogens with zero attached hydrogens (tertiary/aromatic N) is 6. The summed E-state index contributed by atoms with van der Waals surface area (Å²) >= 11 is 0. The summed E-state index contributed by atoms with van der Waals surface area (Å²) in [5.74, 6) is -0.894. The number of carbonyl (C=O) groups is 1. The van der Waals surface area contributed by atoms with Crippen LogP contribution >= 0.6 is 7.82 Å². The Morgan fingerprint density at radius 1 is 1.24 bits per heavy atom. The zero-order chi connectivity index (χ0) is 30.4. The highest BCUT2D eigenvalue weighted by Crippen LogP contribution is 2.42. The average molecular weight is 620 g/mol. The van der Waals surface area contributed by atoms with Gasteiger partial charge in [0.15, 0.2) is 5.65 Å². The largest absolute Gasteiger partial charge is 0.508 e. The molecule has 5 rings (SSSR count). The number of fused-ring (bicyclic) bond motifs is 1. The van der Waals surface area contributed by atoms with Gasteiger partial charge in [0.05, 0.1) is 41.2 Å². The van der Waals surface area contributed by atoms with Gasteiger partial charge in [-0.25, -0.2) is 22.5 Å². The van der Waals surface area contributed by atoms with Gasteiger partial charge in [-0.05, 0) is 44.4 Å². The number of piperidine rings is 1. The number of likely N-dealkylation sites (tertiary alicyclic amines) is 1. The van der Waals surface area contributed by atoms with Crippen molar-refractivity contribution in [1.82, 2.24) is 19.5 Å². The molecule has 3 atom stereocenters. The van der Waals surface area contributed by atoms with Crippen LogP contribution in [0.25, 0.3) is 5.65 Å². The summed E-state index contributed by atoms with van der Waals surface area (Å²) in [4.78, 5) is 40.3. The van der Waals surface area contributed by atoms with Crippen LogP contribution in [-0.2, 0) is 19.1 Å². The quantitative estimate of drug-likeness (QED) is 0.221. The van der Waals surface area contributed by atoms with E-state index in [4.69, 9.17) is 9.51 Å². The number of phenols is 1. The number of nitrogens with one attached hydrogen (secondary N) is 1. The minimum atomic E-state index is -4.79. The van der Waals surface area contributed by atoms with Crippen LogP contribution in [-0.4, -0.2) is 80.7 Å². The van der Waals surface area contributed by atoms with Gasteiger partial charge in [-0.1, -0.05) is 0 Å². The van der Waals surface area contributed by atoms with E-state index in [1.165, 1.54) is 18.2 Å². The Balaban J connectivity index is 1.45. The molecule has 3 aromatic rings. The zero-order valence-corrected chi connectivity index (χ0v) is 24.5. The first-order valence-corrected chi connectivity index (χ1v) is 16.5. The summed E-state index contributed by atoms with van der Waals surface area (Å²) in [5.41, 5.74) is 1.82. The highest BCUT2D eigenvalue weighted by atomic mass is 32.2. The molecule has 2 aromatic heterocycles. The lowest BCUT2D eigenvalue weighted by Crippen LogP contribution is -2.39. The molecule has 42 heavy (non-hydrogen) atoms. The van der Waals surface area contributed by atoms with Crippen LogP contribution in [0, 0.1) is 24.2 Å². The molecule has 1 amide bonds. The zero-order valence-electron chi connectivity index (χ0n) is 22.8. The van der Waals surface area contributed by atoms with E-state index in [2.05, 4.69) is 9.82 Å². The van der Waals surface area contributed by atoms with Gasteiger partial charge in [-0.15, -0.1) is 0 Å². The molecule has 1 aromatic carbocycles. The Kier molecular flexibility index (Phi) is 7.90. The smallest absolute Gasteiger partial charge is 0.469 e. The maximum absolute atomic E-state index is 13.8. The molecule has 0 unspecified atom stereocenters. The molecule has 4 N–H and O–H groups in total. The highest BCUT2D eigenvalue weighted by Gasteiger charge is 2.39. The Labute approximate surface area is 241 Å². The number of aromatic hydroxyl groups is 1. The number of aryl methyl sites for hydroxylation is 1. The molecule has 2 fully saturated rings. The molecule has 0 aliphatic carbocycles. The Bertz CT molecular complexity index is 1730. The van der Waals surface area contributed by atoms with Gasteiger partial charge in [0.25, 0.3) is 5.91 Å². The topological polar surface area (TPSA) is 211 Å². The summed E-state index contributed by atoms with van der Waals surface area (Å²) in [6.07, 6.45) is 3.90. The Morgan fingerprint density at radius 3 is 2.69 bits per heavy atom. The minimum Gasteiger partial charge on any atom is -0.508 e. The number of phenolic OH excluding ortho intramolecular Hbond substituents is 1. The van der Waals surface area contributed by atoms with Crippen LogP contribution in [0.4, 0.5) is 11.5 Å². The monoisotopic (exact) mass is 619 g/mol. The van der Waals surface area contributed by atoms with E-state index in [1.807, 2.05) is 6.07 Å². The normalized spacial score (nSPS) is 21.5. The standard InChI is InChI=1S/C25H30N7O8PS/c1-15-12-32-23(27-24(15)30-13-16(11-26)22(14-30)40-41(35,36)37)10-20(28-32)21-5-3-4-8-31(21)25(34)18-9-17(33)6-7-19(18)29-42(2,38)39/h6-7,9-10,12,16,21-22,29,33H,3-5,8,13-14H2,1-2H3,(H2,35,36,37)/t16-,21-,22+/m0/s1. The van der Waals surface area contributed by atoms with E-state index in [9.17, 15) is 37.9 Å². The van der Waals surface area contributed by atoms with Gasteiger partial charge in [-0.3, -0.25) is 14.0 Å². The molecule has 2 saturated heterocycles. The predicted molar refractivity (Wildman–Crippen MR) is 150 cm³/mol. The third-order valence-corrected chi connectivity index (χ3v) is 8.40. The van der Waals surface area contributed by atoms with Gasteiger partial charge in [-0.2, -0.15) is 10.4 Å². The molecule has 0 spiro atoms. The summed E-state index contributed by atoms with van der Waals surface area (Å²) in [5, 5.41) is 24.3. The van der Waals surface area contributed by atoms with Crippen molar-refractivity contribution in [3.05, 3.63) is 47.3 Å². The second-order valence-corrected chi connectivity index (χ2v) is 13.4. The Hall–Kier alpha value is -3.74. The van der Waals surface area contributed by atoms with Crippen molar-refractivity contribution < 1.29 is 37.2 Å². The van der Waals surface area contributed by atoms with Gasteiger partial charge in [0, 0.05) is 37.5 Å². The molecule has 4 heterocycles.